The van der Waals surface area contributed by atoms with Crippen LogP contribution in [0.3, 0.4) is 0 Å². The number of amides is 2. The lowest BCUT2D eigenvalue weighted by Gasteiger charge is -2.35. The molecule has 0 aromatic rings. The van der Waals surface area contributed by atoms with Gasteiger partial charge in [0.25, 0.3) is 0 Å². The van der Waals surface area contributed by atoms with Crippen LogP contribution in [0.5, 0.6) is 0 Å². The molecule has 6 heteroatoms. The third kappa shape index (κ3) is 4.60. The molecule has 0 aliphatic heterocycles. The zero-order valence-corrected chi connectivity index (χ0v) is 11.0. The van der Waals surface area contributed by atoms with Gasteiger partial charge in [0.1, 0.15) is 0 Å². The van der Waals surface area contributed by atoms with Crippen LogP contribution < -0.4 is 5.32 Å². The number of nitrogens with one attached hydrogen (secondary N) is 1. The number of carbonyl (C=O) groups excluding carboxylic acids is 1. The fraction of sp³-hybridized carbons (Fsp3) is 0.818. The van der Waals surface area contributed by atoms with Crippen molar-refractivity contribution in [2.45, 2.75) is 39.8 Å². The Hall–Kier alpha value is -1.30. The lowest BCUT2D eigenvalue weighted by Crippen LogP contribution is -2.53. The Morgan fingerprint density at radius 1 is 1.35 bits per heavy atom. The van der Waals surface area contributed by atoms with Crippen molar-refractivity contribution in [2.75, 3.05) is 13.7 Å². The maximum Gasteiger partial charge on any atom is 0.328 e. The van der Waals surface area contributed by atoms with Crippen LogP contribution in [0.2, 0.25) is 0 Å². The minimum absolute atomic E-state index is 0.0596. The number of urea groups is 1. The minimum atomic E-state index is -1.27. The highest BCUT2D eigenvalue weighted by Gasteiger charge is 2.29. The quantitative estimate of drug-likeness (QED) is 0.674. The van der Waals surface area contributed by atoms with Crippen molar-refractivity contribution in [3.8, 4) is 0 Å². The summed E-state index contributed by atoms with van der Waals surface area (Å²) >= 11 is 0. The van der Waals surface area contributed by atoms with E-state index in [1.807, 2.05) is 27.7 Å². The SMILES string of the molecule is CC(N(C)C(=O)NC(CO)C(=O)O)C(C)(C)C. The number of carbonyl (C=O) groups is 2. The molecular formula is C11H22N2O4. The highest BCUT2D eigenvalue weighted by molar-refractivity contribution is 5.82. The van der Waals surface area contributed by atoms with E-state index in [0.717, 1.165) is 0 Å². The zero-order valence-electron chi connectivity index (χ0n) is 11.0. The number of nitrogens with zero attached hydrogens (tertiary/aromatic N) is 1. The van der Waals surface area contributed by atoms with Crippen molar-refractivity contribution in [1.82, 2.24) is 10.2 Å². The maximum atomic E-state index is 11.7. The number of carboxylic acid groups (broad SMARTS) is 1. The molecule has 2 atom stereocenters. The summed E-state index contributed by atoms with van der Waals surface area (Å²) in [6.45, 7) is 7.22. The van der Waals surface area contributed by atoms with E-state index < -0.39 is 24.6 Å². The first-order chi connectivity index (χ1) is 7.61. The van der Waals surface area contributed by atoms with Crippen LogP contribution in [-0.4, -0.2) is 52.9 Å². The highest BCUT2D eigenvalue weighted by atomic mass is 16.4. The first-order valence-electron chi connectivity index (χ1n) is 5.48. The van der Waals surface area contributed by atoms with E-state index in [4.69, 9.17) is 10.2 Å². The van der Waals surface area contributed by atoms with Gasteiger partial charge in [-0.3, -0.25) is 0 Å². The van der Waals surface area contributed by atoms with Gasteiger partial charge in [-0.1, -0.05) is 20.8 Å². The van der Waals surface area contributed by atoms with Crippen LogP contribution in [0.15, 0.2) is 0 Å². The molecule has 0 rings (SSSR count). The molecule has 2 amide bonds. The molecule has 0 aliphatic carbocycles. The molecular weight excluding hydrogens is 224 g/mol. The average Bonchev–Trinajstić information content (AvgIpc) is 2.21. The molecule has 0 saturated heterocycles. The van der Waals surface area contributed by atoms with Gasteiger partial charge in [-0.25, -0.2) is 9.59 Å². The molecule has 0 fully saturated rings. The summed E-state index contributed by atoms with van der Waals surface area (Å²) in [6.07, 6.45) is 0. The molecule has 0 spiro atoms. The monoisotopic (exact) mass is 246 g/mol. The van der Waals surface area contributed by atoms with Gasteiger partial charge in [-0.15, -0.1) is 0 Å². The minimum Gasteiger partial charge on any atom is -0.480 e. The molecule has 100 valence electrons. The number of carboxylic acids is 1. The molecule has 17 heavy (non-hydrogen) atoms. The highest BCUT2D eigenvalue weighted by Crippen LogP contribution is 2.22. The average molecular weight is 246 g/mol. The van der Waals surface area contributed by atoms with Crippen molar-refractivity contribution < 1.29 is 19.8 Å². The summed E-state index contributed by atoms with van der Waals surface area (Å²) in [6, 6.07) is -1.83. The first-order valence-corrected chi connectivity index (χ1v) is 5.48. The van der Waals surface area contributed by atoms with Gasteiger partial charge in [-0.2, -0.15) is 0 Å². The Balaban J connectivity index is 4.56. The first kappa shape index (κ1) is 15.7. The molecule has 0 aliphatic rings. The molecule has 2 unspecified atom stereocenters. The summed E-state index contributed by atoms with van der Waals surface area (Å²) in [5.74, 6) is -1.25. The number of aliphatic hydroxyl groups excluding tert-OH is 1. The summed E-state index contributed by atoms with van der Waals surface area (Å²) in [7, 11) is 1.60. The van der Waals surface area contributed by atoms with Crippen molar-refractivity contribution in [1.29, 1.82) is 0 Å². The molecule has 0 radical (unpaired) electrons. The number of aliphatic carboxylic acids is 1. The van der Waals surface area contributed by atoms with Gasteiger partial charge in [-0.05, 0) is 12.3 Å². The van der Waals surface area contributed by atoms with E-state index in [0.29, 0.717) is 0 Å². The predicted octanol–water partition coefficient (Wildman–Crippen LogP) is 0.508. The largest absolute Gasteiger partial charge is 0.480 e. The van der Waals surface area contributed by atoms with Gasteiger partial charge < -0.3 is 20.4 Å². The number of hydrogen-bond acceptors (Lipinski definition) is 3. The van der Waals surface area contributed by atoms with Crippen molar-refractivity contribution in [2.24, 2.45) is 5.41 Å². The van der Waals surface area contributed by atoms with E-state index >= 15 is 0 Å². The maximum absolute atomic E-state index is 11.7. The molecule has 0 heterocycles. The Kier molecular flexibility index (Phi) is 5.41. The normalized spacial score (nSPS) is 14.9. The Morgan fingerprint density at radius 2 is 1.82 bits per heavy atom. The van der Waals surface area contributed by atoms with E-state index in [1.165, 1.54) is 4.90 Å². The zero-order chi connectivity index (χ0) is 13.8. The van der Waals surface area contributed by atoms with Crippen LogP contribution in [0.4, 0.5) is 4.79 Å². The topological polar surface area (TPSA) is 89.9 Å². The van der Waals surface area contributed by atoms with Crippen LogP contribution in [0.25, 0.3) is 0 Å². The lowest BCUT2D eigenvalue weighted by atomic mass is 9.87. The van der Waals surface area contributed by atoms with Gasteiger partial charge in [0.15, 0.2) is 6.04 Å². The molecule has 6 nitrogen and oxygen atoms in total. The van der Waals surface area contributed by atoms with Crippen molar-refractivity contribution in [3.05, 3.63) is 0 Å². The van der Waals surface area contributed by atoms with Crippen LogP contribution in [0, 0.1) is 5.41 Å². The van der Waals surface area contributed by atoms with Gasteiger partial charge in [0.05, 0.1) is 6.61 Å². The van der Waals surface area contributed by atoms with Gasteiger partial charge in [0, 0.05) is 13.1 Å². The van der Waals surface area contributed by atoms with Crippen molar-refractivity contribution in [3.63, 3.8) is 0 Å². The number of aliphatic hydroxyl groups is 1. The summed E-state index contributed by atoms with van der Waals surface area (Å²) < 4.78 is 0. The van der Waals surface area contributed by atoms with Crippen LogP contribution in [0.1, 0.15) is 27.7 Å². The molecule has 0 aromatic carbocycles. The molecule has 3 N–H and O–H groups in total. The summed E-state index contributed by atoms with van der Waals surface area (Å²) in [5, 5.41) is 19.8. The van der Waals surface area contributed by atoms with E-state index in [1.54, 1.807) is 7.05 Å². The van der Waals surface area contributed by atoms with Crippen LogP contribution in [-0.2, 0) is 4.79 Å². The fourth-order valence-corrected chi connectivity index (χ4v) is 1.19. The smallest absolute Gasteiger partial charge is 0.328 e. The molecule has 0 saturated carbocycles. The number of hydrogen-bond donors (Lipinski definition) is 3. The molecule has 0 bridgehead atoms. The fourth-order valence-electron chi connectivity index (χ4n) is 1.19. The third-order valence-electron chi connectivity index (χ3n) is 2.93. The summed E-state index contributed by atoms with van der Waals surface area (Å²) in [5.41, 5.74) is -0.107. The van der Waals surface area contributed by atoms with E-state index in [2.05, 4.69) is 5.32 Å². The third-order valence-corrected chi connectivity index (χ3v) is 2.93. The Labute approximate surface area is 102 Å². The second-order valence-corrected chi connectivity index (χ2v) is 5.18. The van der Waals surface area contributed by atoms with Gasteiger partial charge in [0.2, 0.25) is 0 Å². The second-order valence-electron chi connectivity index (χ2n) is 5.18. The van der Waals surface area contributed by atoms with Gasteiger partial charge >= 0.3 is 12.0 Å². The Bertz CT molecular complexity index is 286. The van der Waals surface area contributed by atoms with E-state index in [9.17, 15) is 9.59 Å². The number of rotatable bonds is 4. The predicted molar refractivity (Wildman–Crippen MR) is 63.7 cm³/mol. The van der Waals surface area contributed by atoms with E-state index in [-0.39, 0.29) is 11.5 Å². The van der Waals surface area contributed by atoms with Crippen LogP contribution >= 0.6 is 0 Å². The molecule has 0 aromatic heterocycles. The summed E-state index contributed by atoms with van der Waals surface area (Å²) in [4.78, 5) is 23.8. The lowest BCUT2D eigenvalue weighted by molar-refractivity contribution is -0.140. The Morgan fingerprint density at radius 3 is 2.12 bits per heavy atom. The second kappa shape index (κ2) is 5.86. The standard InChI is InChI=1S/C11H22N2O4/c1-7(11(2,3)4)13(5)10(17)12-8(6-14)9(15)16/h7-8,14H,6H2,1-5H3,(H,12,17)(H,15,16). The van der Waals surface area contributed by atoms with Crippen molar-refractivity contribution >= 4 is 12.0 Å².